The van der Waals surface area contributed by atoms with Gasteiger partial charge in [0.05, 0.1) is 29.2 Å². The van der Waals surface area contributed by atoms with Crippen LogP contribution in [0.1, 0.15) is 23.2 Å². The van der Waals surface area contributed by atoms with E-state index in [2.05, 4.69) is 10.3 Å². The Labute approximate surface area is 141 Å². The van der Waals surface area contributed by atoms with Crippen LogP contribution >= 0.6 is 0 Å². The monoisotopic (exact) mass is 351 g/mol. The lowest BCUT2D eigenvalue weighted by Gasteiger charge is -2.12. The van der Waals surface area contributed by atoms with Crippen LogP contribution in [0, 0.1) is 0 Å². The van der Waals surface area contributed by atoms with Gasteiger partial charge in [0, 0.05) is 19.2 Å². The first-order chi connectivity index (χ1) is 11.9. The highest BCUT2D eigenvalue weighted by atomic mass is 19.4. The summed E-state index contributed by atoms with van der Waals surface area (Å²) in [5.41, 5.74) is 2.45. The Hall–Kier alpha value is -2.77. The van der Waals surface area contributed by atoms with Crippen molar-refractivity contribution in [1.82, 2.24) is 9.38 Å². The topological polar surface area (TPSA) is 55.6 Å². The van der Waals surface area contributed by atoms with E-state index in [9.17, 15) is 18.0 Å². The molecule has 0 unspecified atom stereocenters. The molecule has 0 saturated heterocycles. The Kier molecular flexibility index (Phi) is 4.52. The van der Waals surface area contributed by atoms with Crippen LogP contribution in [-0.2, 0) is 4.74 Å². The number of benzene rings is 1. The number of methoxy groups -OCH3 is 1. The first-order valence-corrected chi connectivity index (χ1v) is 7.69. The summed E-state index contributed by atoms with van der Waals surface area (Å²) in [5.74, 6) is -0.00215. The molecule has 2 heterocycles. The molecule has 0 aliphatic rings. The Bertz CT molecular complexity index is 919. The lowest BCUT2D eigenvalue weighted by molar-refractivity contribution is -0.134. The van der Waals surface area contributed by atoms with Crippen molar-refractivity contribution in [2.24, 2.45) is 0 Å². The van der Waals surface area contributed by atoms with Crippen LogP contribution in [-0.4, -0.2) is 35.2 Å². The van der Waals surface area contributed by atoms with Crippen LogP contribution in [0.3, 0.4) is 0 Å². The van der Waals surface area contributed by atoms with Crippen molar-refractivity contribution in [2.45, 2.75) is 19.0 Å². The van der Waals surface area contributed by atoms with Crippen LogP contribution in [0.2, 0.25) is 0 Å². The number of esters is 1. The minimum Gasteiger partial charge on any atom is -0.465 e. The highest BCUT2D eigenvalue weighted by Gasteiger charge is 2.25. The molecule has 5 nitrogen and oxygen atoms in total. The third kappa shape index (κ3) is 3.67. The van der Waals surface area contributed by atoms with Crippen molar-refractivity contribution in [1.29, 1.82) is 0 Å². The molecule has 0 aliphatic carbocycles. The second-order valence-corrected chi connectivity index (χ2v) is 5.56. The average Bonchev–Trinajstić information content (AvgIpc) is 3.06. The van der Waals surface area contributed by atoms with Gasteiger partial charge in [-0.3, -0.25) is 0 Å². The first kappa shape index (κ1) is 17.1. The zero-order valence-corrected chi connectivity index (χ0v) is 13.4. The van der Waals surface area contributed by atoms with E-state index in [0.29, 0.717) is 16.9 Å². The van der Waals surface area contributed by atoms with Crippen molar-refractivity contribution < 1.29 is 22.7 Å². The number of anilines is 1. The average molecular weight is 351 g/mol. The van der Waals surface area contributed by atoms with Crippen LogP contribution in [0.15, 0.2) is 36.5 Å². The summed E-state index contributed by atoms with van der Waals surface area (Å²) in [6, 6.07) is 8.65. The number of nitrogens with zero attached hydrogens (tertiary/aromatic N) is 2. The van der Waals surface area contributed by atoms with Crippen molar-refractivity contribution >= 4 is 28.3 Å². The maximum Gasteiger partial charge on any atom is 0.389 e. The SMILES string of the molecule is COC(=O)c1ccc2c(c1)nc(NCCCC(F)(F)F)c1cccn12. The molecule has 25 heavy (non-hydrogen) atoms. The van der Waals surface area contributed by atoms with Gasteiger partial charge in [-0.05, 0) is 36.8 Å². The van der Waals surface area contributed by atoms with Gasteiger partial charge in [0.1, 0.15) is 0 Å². The predicted molar refractivity (Wildman–Crippen MR) is 87.8 cm³/mol. The lowest BCUT2D eigenvalue weighted by Crippen LogP contribution is -2.12. The summed E-state index contributed by atoms with van der Waals surface area (Å²) in [7, 11) is 1.29. The third-order valence-electron chi connectivity index (χ3n) is 3.81. The number of ether oxygens (including phenoxy) is 1. The third-order valence-corrected chi connectivity index (χ3v) is 3.81. The number of alkyl halides is 3. The molecule has 1 N–H and O–H groups in total. The van der Waals surface area contributed by atoms with Gasteiger partial charge in [-0.1, -0.05) is 0 Å². The fourth-order valence-electron chi connectivity index (χ4n) is 2.65. The maximum absolute atomic E-state index is 12.3. The number of aromatic nitrogens is 2. The molecule has 1 aromatic carbocycles. The highest BCUT2D eigenvalue weighted by molar-refractivity contribution is 5.95. The molecule has 0 radical (unpaired) electrons. The number of nitrogens with one attached hydrogen (secondary N) is 1. The summed E-state index contributed by atoms with van der Waals surface area (Å²) in [6.07, 6.45) is -3.23. The van der Waals surface area contributed by atoms with Gasteiger partial charge in [-0.15, -0.1) is 0 Å². The van der Waals surface area contributed by atoms with Crippen LogP contribution < -0.4 is 5.32 Å². The van der Waals surface area contributed by atoms with Crippen LogP contribution in [0.25, 0.3) is 16.6 Å². The Morgan fingerprint density at radius 1 is 1.28 bits per heavy atom. The summed E-state index contributed by atoms with van der Waals surface area (Å²) in [4.78, 5) is 16.1. The van der Waals surface area contributed by atoms with Gasteiger partial charge in [0.15, 0.2) is 5.82 Å². The number of carbonyl (C=O) groups is 1. The number of carbonyl (C=O) groups excluding carboxylic acids is 1. The van der Waals surface area contributed by atoms with E-state index in [4.69, 9.17) is 4.74 Å². The molecule has 0 amide bonds. The van der Waals surface area contributed by atoms with Crippen molar-refractivity contribution in [3.8, 4) is 0 Å². The summed E-state index contributed by atoms with van der Waals surface area (Å²) in [6.45, 7) is 0.148. The number of rotatable bonds is 5. The minimum absolute atomic E-state index is 0.0434. The van der Waals surface area contributed by atoms with Crippen LogP contribution in [0.4, 0.5) is 19.0 Å². The fourth-order valence-corrected chi connectivity index (χ4v) is 2.65. The molecule has 3 rings (SSSR count). The van der Waals surface area contributed by atoms with Gasteiger partial charge < -0.3 is 14.5 Å². The molecule has 0 saturated carbocycles. The lowest BCUT2D eigenvalue weighted by atomic mass is 10.2. The fraction of sp³-hybridized carbons (Fsp3) is 0.294. The zero-order valence-electron chi connectivity index (χ0n) is 13.4. The number of hydrogen-bond donors (Lipinski definition) is 1. The molecule has 0 fully saturated rings. The van der Waals surface area contributed by atoms with E-state index in [1.54, 1.807) is 18.2 Å². The van der Waals surface area contributed by atoms with Crippen molar-refractivity contribution in [3.63, 3.8) is 0 Å². The molecule has 3 aromatic rings. The van der Waals surface area contributed by atoms with Gasteiger partial charge in [-0.2, -0.15) is 13.2 Å². The summed E-state index contributed by atoms with van der Waals surface area (Å²) >= 11 is 0. The second kappa shape index (κ2) is 6.62. The number of hydrogen-bond acceptors (Lipinski definition) is 4. The Morgan fingerprint density at radius 2 is 2.08 bits per heavy atom. The Morgan fingerprint density at radius 3 is 2.80 bits per heavy atom. The van der Waals surface area contributed by atoms with E-state index < -0.39 is 18.6 Å². The molecular weight excluding hydrogens is 335 g/mol. The molecule has 0 aliphatic heterocycles. The minimum atomic E-state index is -4.17. The van der Waals surface area contributed by atoms with E-state index in [1.165, 1.54) is 7.11 Å². The summed E-state index contributed by atoms with van der Waals surface area (Å²) in [5, 5.41) is 2.95. The predicted octanol–water partition coefficient (Wildman–Crippen LogP) is 4.03. The van der Waals surface area contributed by atoms with Crippen LogP contribution in [0.5, 0.6) is 0 Å². The van der Waals surface area contributed by atoms with Gasteiger partial charge in [0.2, 0.25) is 0 Å². The van der Waals surface area contributed by atoms with Gasteiger partial charge >= 0.3 is 12.1 Å². The smallest absolute Gasteiger partial charge is 0.389 e. The molecule has 132 valence electrons. The molecule has 8 heteroatoms. The molecular formula is C17H16F3N3O2. The van der Waals surface area contributed by atoms with Crippen molar-refractivity contribution in [3.05, 3.63) is 42.1 Å². The largest absolute Gasteiger partial charge is 0.465 e. The van der Waals surface area contributed by atoms with E-state index in [1.807, 2.05) is 22.7 Å². The Balaban J connectivity index is 1.93. The standard InChI is InChI=1S/C17H16F3N3O2/c1-25-16(24)11-5-6-13-12(10-11)22-15(14-4-2-9-23(13)14)21-8-3-7-17(18,19)20/h2,4-6,9-10H,3,7-8H2,1H3,(H,21,22). The van der Waals surface area contributed by atoms with E-state index >= 15 is 0 Å². The van der Waals surface area contributed by atoms with Crippen molar-refractivity contribution in [2.75, 3.05) is 19.0 Å². The zero-order chi connectivity index (χ0) is 18.0. The summed E-state index contributed by atoms with van der Waals surface area (Å²) < 4.78 is 43.3. The normalized spacial score (nSPS) is 11.8. The molecule has 0 spiro atoms. The van der Waals surface area contributed by atoms with E-state index in [-0.39, 0.29) is 13.0 Å². The second-order valence-electron chi connectivity index (χ2n) is 5.56. The highest BCUT2D eigenvalue weighted by Crippen LogP contribution is 2.25. The molecule has 2 aromatic heterocycles. The number of halogens is 3. The number of fused-ring (bicyclic) bond motifs is 3. The maximum atomic E-state index is 12.3. The quantitative estimate of drug-likeness (QED) is 0.557. The van der Waals surface area contributed by atoms with Gasteiger partial charge in [-0.25, -0.2) is 9.78 Å². The molecule has 0 bridgehead atoms. The first-order valence-electron chi connectivity index (χ1n) is 7.69. The van der Waals surface area contributed by atoms with Gasteiger partial charge in [0.25, 0.3) is 0 Å². The van der Waals surface area contributed by atoms with E-state index in [0.717, 1.165) is 11.0 Å². The molecule has 0 atom stereocenters.